The third-order valence-corrected chi connectivity index (χ3v) is 21.6. The van der Waals surface area contributed by atoms with Crippen LogP contribution in [0.3, 0.4) is 0 Å². The molecule has 4 aliphatic rings. The van der Waals surface area contributed by atoms with Gasteiger partial charge in [-0.2, -0.15) is 0 Å². The number of aromatic nitrogens is 10. The Labute approximate surface area is 617 Å². The van der Waals surface area contributed by atoms with Gasteiger partial charge in [0.15, 0.2) is 34.9 Å². The molecule has 8 heterocycles. The van der Waals surface area contributed by atoms with Gasteiger partial charge in [-0.3, -0.25) is 24.0 Å². The Kier molecular flexibility index (Phi) is 14.7. The Morgan fingerprint density at radius 1 is 0.308 bits per heavy atom. The van der Waals surface area contributed by atoms with E-state index in [4.69, 9.17) is 44.9 Å². The molecule has 107 heavy (non-hydrogen) atoms. The third kappa shape index (κ3) is 10.4. The van der Waals surface area contributed by atoms with Crippen molar-refractivity contribution in [2.75, 3.05) is 4.90 Å². The van der Waals surface area contributed by atoms with Crippen LogP contribution in [0.25, 0.3) is 146 Å². The maximum Gasteiger partial charge on any atom is 0.198 e. The molecular weight excluding hydrogens is 1310 g/mol. The lowest BCUT2D eigenvalue weighted by molar-refractivity contribution is 0.597. The summed E-state index contributed by atoms with van der Waals surface area (Å²) in [4.78, 5) is 56.8. The van der Waals surface area contributed by atoms with Crippen molar-refractivity contribution in [3.05, 3.63) is 332 Å². The average molecular weight is 1380 g/mol. The van der Waals surface area contributed by atoms with Crippen LogP contribution in [-0.2, 0) is 10.8 Å². The van der Waals surface area contributed by atoms with E-state index >= 15 is 0 Å². The van der Waals surface area contributed by atoms with Gasteiger partial charge in [-0.15, -0.1) is 0 Å². The Hall–Kier alpha value is -13.9. The van der Waals surface area contributed by atoms with Gasteiger partial charge in [0.1, 0.15) is 17.5 Å². The van der Waals surface area contributed by atoms with Gasteiger partial charge in [-0.1, -0.05) is 228 Å². The number of anilines is 1. The fourth-order valence-corrected chi connectivity index (χ4v) is 16.5. The Balaban J connectivity index is 0.000000142. The molecular formula is C93H66N14. The molecule has 0 radical (unpaired) electrons. The highest BCUT2D eigenvalue weighted by molar-refractivity contribution is 6.19. The first-order valence-electron chi connectivity index (χ1n) is 36.1. The van der Waals surface area contributed by atoms with E-state index in [1.54, 1.807) is 37.2 Å². The van der Waals surface area contributed by atoms with Gasteiger partial charge in [-0.05, 0) is 146 Å². The van der Waals surface area contributed by atoms with Gasteiger partial charge in [-0.25, -0.2) is 44.9 Å². The van der Waals surface area contributed by atoms with Crippen LogP contribution < -0.4 is 4.90 Å². The van der Waals surface area contributed by atoms with E-state index < -0.39 is 6.17 Å². The van der Waals surface area contributed by atoms with Crippen molar-refractivity contribution >= 4 is 68.3 Å². The van der Waals surface area contributed by atoms with Crippen LogP contribution in [0.1, 0.15) is 55.5 Å². The van der Waals surface area contributed by atoms with E-state index in [2.05, 4.69) is 243 Å². The molecule has 2 atom stereocenters. The second-order valence-corrected chi connectivity index (χ2v) is 28.6. The number of para-hydroxylation sites is 3. The molecule has 0 N–H and O–H groups in total. The predicted molar refractivity (Wildman–Crippen MR) is 432 cm³/mol. The largest absolute Gasteiger partial charge is 0.299 e. The second-order valence-electron chi connectivity index (χ2n) is 28.6. The van der Waals surface area contributed by atoms with Crippen LogP contribution in [0, 0.1) is 0 Å². The van der Waals surface area contributed by atoms with E-state index in [-0.39, 0.29) is 17.0 Å². The van der Waals surface area contributed by atoms with Crippen molar-refractivity contribution in [3.8, 4) is 101 Å². The Bertz CT molecular complexity index is 6180. The van der Waals surface area contributed by atoms with Gasteiger partial charge in [0, 0.05) is 104 Å². The van der Waals surface area contributed by atoms with Crippen LogP contribution in [0.2, 0.25) is 0 Å². The monoisotopic (exact) mass is 1380 g/mol. The lowest BCUT2D eigenvalue weighted by Crippen LogP contribution is -2.39. The molecule has 508 valence electrons. The number of imidazole rings is 2. The summed E-state index contributed by atoms with van der Waals surface area (Å²) in [6.45, 7) is 9.36. The Morgan fingerprint density at radius 2 is 0.710 bits per heavy atom. The predicted octanol–water partition coefficient (Wildman–Crippen LogP) is 20.4. The first kappa shape index (κ1) is 62.9. The first-order valence-corrected chi connectivity index (χ1v) is 36.1. The lowest BCUT2D eigenvalue weighted by atomic mass is 9.81. The van der Waals surface area contributed by atoms with Crippen LogP contribution in [0.15, 0.2) is 319 Å². The summed E-state index contributed by atoms with van der Waals surface area (Å²) in [5.41, 5.74) is 28.7. The van der Waals surface area contributed by atoms with Crippen molar-refractivity contribution in [2.24, 2.45) is 15.0 Å². The third-order valence-electron chi connectivity index (χ3n) is 21.6. The van der Waals surface area contributed by atoms with Gasteiger partial charge in [0.25, 0.3) is 0 Å². The molecule has 0 spiro atoms. The van der Waals surface area contributed by atoms with E-state index in [0.29, 0.717) is 34.2 Å². The molecule has 0 saturated heterocycles. The average Bonchev–Trinajstić information content (AvgIpc) is 1.69. The molecule has 0 amide bonds. The zero-order valence-corrected chi connectivity index (χ0v) is 58.9. The molecule has 2 aliphatic heterocycles. The van der Waals surface area contributed by atoms with Crippen LogP contribution in [-0.4, -0.2) is 79.6 Å². The van der Waals surface area contributed by atoms with Gasteiger partial charge < -0.3 is 0 Å². The smallest absolute Gasteiger partial charge is 0.198 e. The topological polar surface area (TPSA) is 153 Å². The zero-order chi connectivity index (χ0) is 71.5. The zero-order valence-electron chi connectivity index (χ0n) is 58.9. The van der Waals surface area contributed by atoms with Crippen molar-refractivity contribution in [1.29, 1.82) is 0 Å². The summed E-state index contributed by atoms with van der Waals surface area (Å²) >= 11 is 0. The van der Waals surface area contributed by atoms with E-state index in [0.717, 1.165) is 106 Å². The number of amidine groups is 1. The number of hydrogen-bond donors (Lipinski definition) is 0. The van der Waals surface area contributed by atoms with Gasteiger partial charge in [0.2, 0.25) is 0 Å². The molecule has 2 aliphatic carbocycles. The van der Waals surface area contributed by atoms with Gasteiger partial charge >= 0.3 is 0 Å². The molecule has 0 saturated carbocycles. The van der Waals surface area contributed by atoms with Crippen molar-refractivity contribution in [3.63, 3.8) is 0 Å². The van der Waals surface area contributed by atoms with E-state index in [1.165, 1.54) is 44.5 Å². The fraction of sp³-hybridized carbons (Fsp3) is 0.0860. The van der Waals surface area contributed by atoms with E-state index in [1.807, 2.05) is 88.0 Å². The second kappa shape index (κ2) is 25.0. The highest BCUT2D eigenvalue weighted by Crippen LogP contribution is 2.52. The molecule has 11 aromatic carbocycles. The Morgan fingerprint density at radius 3 is 1.19 bits per heavy atom. The van der Waals surface area contributed by atoms with Gasteiger partial charge in [0.05, 0.1) is 22.4 Å². The molecule has 6 aromatic heterocycles. The standard InChI is InChI=1S/C54H40N2.C39H26N12/c1-53(2)45-21-13-11-19-37(45)39-25-23-35(29-47(39)53)49-31-43(33-15-7-5-8-16-33)41-27-28-42-44(34-17-9-6-10-18-34)32-50(56-52(42)51(41)55-49)36-24-26-40-38-20-12-14-22-46(38)54(3,4)48(40)30-36;1-4-10-28(11-5-1)49-34(46-31-37(49)43-19-16-40-31)25-22-26(35-47-32-38(44-20-17-41-32)50(35)29-12-6-2-7-13-29)24-27(23-25)36-48-33-39(45-21-18-42-33)51(36)30-14-8-3-9-15-30/h5-32H,1-4H3;1-24,31,37H. The molecule has 21 rings (SSSR count). The van der Waals surface area contributed by atoms with Crippen LogP contribution in [0.5, 0.6) is 0 Å². The summed E-state index contributed by atoms with van der Waals surface area (Å²) in [7, 11) is 0. The summed E-state index contributed by atoms with van der Waals surface area (Å²) in [6.07, 6.45) is 9.41. The lowest BCUT2D eigenvalue weighted by Gasteiger charge is -2.28. The highest BCUT2D eigenvalue weighted by atomic mass is 15.4. The molecule has 17 aromatic rings. The maximum absolute atomic E-state index is 5.60. The minimum Gasteiger partial charge on any atom is -0.299 e. The van der Waals surface area contributed by atoms with Crippen molar-refractivity contribution in [2.45, 2.75) is 50.9 Å². The van der Waals surface area contributed by atoms with Crippen molar-refractivity contribution in [1.82, 2.24) is 49.0 Å². The molecule has 0 bridgehead atoms. The highest BCUT2D eigenvalue weighted by Gasteiger charge is 2.40. The molecule has 0 fully saturated rings. The number of fused-ring (bicyclic) bond motifs is 12. The molecule has 14 nitrogen and oxygen atoms in total. The maximum atomic E-state index is 5.60. The van der Waals surface area contributed by atoms with Crippen LogP contribution in [0.4, 0.5) is 5.69 Å². The van der Waals surface area contributed by atoms with Crippen molar-refractivity contribution < 1.29 is 0 Å². The summed E-state index contributed by atoms with van der Waals surface area (Å²) in [6, 6.07) is 98.6. The first-order chi connectivity index (χ1) is 52.6. The van der Waals surface area contributed by atoms with Crippen LogP contribution >= 0.6 is 0 Å². The minimum absolute atomic E-state index is 0.111. The summed E-state index contributed by atoms with van der Waals surface area (Å²) in [5, 5.41) is 2.19. The van der Waals surface area contributed by atoms with E-state index in [9.17, 15) is 0 Å². The molecule has 14 heteroatoms. The number of hydrogen-bond acceptors (Lipinski definition) is 12. The number of aliphatic imine (C=N–C) groups is 3. The normalized spacial score (nSPS) is 15.4. The summed E-state index contributed by atoms with van der Waals surface area (Å²) < 4.78 is 4.07. The fourth-order valence-electron chi connectivity index (χ4n) is 16.5. The summed E-state index contributed by atoms with van der Waals surface area (Å²) in [5.74, 6) is 2.07. The number of pyridine rings is 2. The number of nitrogens with zero attached hydrogens (tertiary/aromatic N) is 14. The molecule has 2 unspecified atom stereocenters. The minimum atomic E-state index is -0.401. The number of rotatable bonds is 10. The number of benzene rings is 11. The quantitative estimate of drug-likeness (QED) is 0.122. The SMILES string of the molecule is C1=NC2N=C(c3cc(-c4nc5nccnc5n4-c4ccccc4)cc(-c4nc5nccnc5n4-c4ccccc4)c3)N(c3ccccc3)C2N=C1.CC1(C)c2ccccc2-c2ccc(-c3cc(-c4ccccc4)c4ccc5c(-c6ccccc6)cc(-c6ccc7c(c6)C(C)(C)c6ccccc6-7)nc5c4n3)cc21.